The first-order valence-corrected chi connectivity index (χ1v) is 9.38. The number of benzene rings is 3. The van der Waals surface area contributed by atoms with Gasteiger partial charge >= 0.3 is 0 Å². The molecule has 4 rings (SSSR count). The fourth-order valence-electron chi connectivity index (χ4n) is 3.30. The van der Waals surface area contributed by atoms with Crippen LogP contribution in [0.5, 0.6) is 0 Å². The molecule has 1 N–H and O–H groups in total. The molecule has 4 aromatic rings. The zero-order chi connectivity index (χ0) is 19.3. The SMILES string of the molecule is CC(CC(=O)Nc1ccccc1)c1nc(-c2ccccc2)nc2ccccc12. The van der Waals surface area contributed by atoms with E-state index in [-0.39, 0.29) is 11.8 Å². The second kappa shape index (κ2) is 8.01. The van der Waals surface area contributed by atoms with Crippen LogP contribution in [-0.2, 0) is 4.79 Å². The highest BCUT2D eigenvalue weighted by molar-refractivity contribution is 5.92. The van der Waals surface area contributed by atoms with Crippen molar-refractivity contribution < 1.29 is 4.79 Å². The molecule has 1 unspecified atom stereocenters. The molecule has 3 aromatic carbocycles. The third-order valence-corrected chi connectivity index (χ3v) is 4.68. The van der Waals surface area contributed by atoms with Gasteiger partial charge in [0, 0.05) is 29.0 Å². The van der Waals surface area contributed by atoms with Crippen LogP contribution in [0, 0.1) is 0 Å². The van der Waals surface area contributed by atoms with Crippen LogP contribution >= 0.6 is 0 Å². The first kappa shape index (κ1) is 17.9. The van der Waals surface area contributed by atoms with E-state index in [4.69, 9.17) is 9.97 Å². The Kier molecular flexibility index (Phi) is 5.11. The second-order valence-corrected chi connectivity index (χ2v) is 6.84. The molecule has 0 saturated heterocycles. The molecule has 0 aliphatic carbocycles. The Hall–Kier alpha value is -3.53. The molecule has 0 aliphatic rings. The Morgan fingerprint density at radius 3 is 2.25 bits per heavy atom. The van der Waals surface area contributed by atoms with Crippen molar-refractivity contribution in [2.24, 2.45) is 0 Å². The molecule has 1 heterocycles. The van der Waals surface area contributed by atoms with E-state index >= 15 is 0 Å². The molecule has 0 spiro atoms. The van der Waals surface area contributed by atoms with Crippen molar-refractivity contribution in [1.82, 2.24) is 9.97 Å². The van der Waals surface area contributed by atoms with Crippen molar-refractivity contribution in [3.63, 3.8) is 0 Å². The highest BCUT2D eigenvalue weighted by Gasteiger charge is 2.18. The van der Waals surface area contributed by atoms with Gasteiger partial charge in [-0.1, -0.05) is 73.7 Å². The molecular weight excluding hydrogens is 346 g/mol. The predicted octanol–water partition coefficient (Wildman–Crippen LogP) is 5.43. The van der Waals surface area contributed by atoms with Crippen LogP contribution in [-0.4, -0.2) is 15.9 Å². The van der Waals surface area contributed by atoms with Gasteiger partial charge in [-0.25, -0.2) is 9.97 Å². The van der Waals surface area contributed by atoms with Gasteiger partial charge in [0.25, 0.3) is 0 Å². The summed E-state index contributed by atoms with van der Waals surface area (Å²) in [6.45, 7) is 2.04. The van der Waals surface area contributed by atoms with Crippen molar-refractivity contribution in [2.75, 3.05) is 5.32 Å². The normalized spacial score (nSPS) is 11.9. The Morgan fingerprint density at radius 2 is 1.50 bits per heavy atom. The van der Waals surface area contributed by atoms with Crippen LogP contribution in [0.1, 0.15) is 25.0 Å². The third kappa shape index (κ3) is 3.91. The van der Waals surface area contributed by atoms with Gasteiger partial charge in [-0.15, -0.1) is 0 Å². The van der Waals surface area contributed by atoms with Crippen LogP contribution in [0.15, 0.2) is 84.9 Å². The summed E-state index contributed by atoms with van der Waals surface area (Å²) >= 11 is 0. The number of carbonyl (C=O) groups is 1. The van der Waals surface area contributed by atoms with Crippen LogP contribution < -0.4 is 5.32 Å². The van der Waals surface area contributed by atoms with Gasteiger partial charge < -0.3 is 5.32 Å². The smallest absolute Gasteiger partial charge is 0.225 e. The number of anilines is 1. The molecular formula is C24H21N3O. The molecule has 1 atom stereocenters. The van der Waals surface area contributed by atoms with Gasteiger partial charge in [0.1, 0.15) is 0 Å². The maximum absolute atomic E-state index is 12.5. The van der Waals surface area contributed by atoms with Gasteiger partial charge in [-0.3, -0.25) is 4.79 Å². The molecule has 0 aliphatic heterocycles. The van der Waals surface area contributed by atoms with E-state index in [1.807, 2.05) is 91.9 Å². The molecule has 4 nitrogen and oxygen atoms in total. The van der Waals surface area contributed by atoms with Crippen LogP contribution in [0.4, 0.5) is 5.69 Å². The first-order chi connectivity index (χ1) is 13.7. The fourth-order valence-corrected chi connectivity index (χ4v) is 3.30. The third-order valence-electron chi connectivity index (χ3n) is 4.68. The van der Waals surface area contributed by atoms with E-state index in [9.17, 15) is 4.79 Å². The average molecular weight is 367 g/mol. The van der Waals surface area contributed by atoms with Gasteiger partial charge in [-0.2, -0.15) is 0 Å². The summed E-state index contributed by atoms with van der Waals surface area (Å²) in [7, 11) is 0. The van der Waals surface area contributed by atoms with E-state index in [1.54, 1.807) is 0 Å². The lowest BCUT2D eigenvalue weighted by Crippen LogP contribution is -2.15. The summed E-state index contributed by atoms with van der Waals surface area (Å²) in [5.41, 5.74) is 3.56. The molecule has 0 radical (unpaired) electrons. The molecule has 0 bridgehead atoms. The van der Waals surface area contributed by atoms with Crippen molar-refractivity contribution in [3.05, 3.63) is 90.6 Å². The maximum Gasteiger partial charge on any atom is 0.225 e. The summed E-state index contributed by atoms with van der Waals surface area (Å²) in [5, 5.41) is 3.94. The second-order valence-electron chi connectivity index (χ2n) is 6.84. The Morgan fingerprint density at radius 1 is 0.857 bits per heavy atom. The summed E-state index contributed by atoms with van der Waals surface area (Å²) in [6.07, 6.45) is 0.351. The highest BCUT2D eigenvalue weighted by Crippen LogP contribution is 2.28. The van der Waals surface area contributed by atoms with E-state index in [2.05, 4.69) is 5.32 Å². The van der Waals surface area contributed by atoms with E-state index in [0.29, 0.717) is 12.2 Å². The van der Waals surface area contributed by atoms with Gasteiger partial charge in [0.15, 0.2) is 5.82 Å². The largest absolute Gasteiger partial charge is 0.326 e. The number of amides is 1. The number of carbonyl (C=O) groups excluding carboxylic acids is 1. The first-order valence-electron chi connectivity index (χ1n) is 9.38. The van der Waals surface area contributed by atoms with Crippen molar-refractivity contribution in [2.45, 2.75) is 19.3 Å². The standard InChI is InChI=1S/C24H21N3O/c1-17(16-22(28)25-19-12-6-3-7-13-19)23-20-14-8-9-15-21(20)26-24(27-23)18-10-4-2-5-11-18/h2-15,17H,16H2,1H3,(H,25,28). The number of rotatable bonds is 5. The Labute approximate surface area is 164 Å². The minimum absolute atomic E-state index is 0.0253. The molecule has 0 fully saturated rings. The minimum atomic E-state index is -0.0425. The number of nitrogens with one attached hydrogen (secondary N) is 1. The molecule has 0 saturated carbocycles. The van der Waals surface area contributed by atoms with E-state index in [0.717, 1.165) is 27.8 Å². The summed E-state index contributed by atoms with van der Waals surface area (Å²) in [4.78, 5) is 22.1. The highest BCUT2D eigenvalue weighted by atomic mass is 16.1. The fraction of sp³-hybridized carbons (Fsp3) is 0.125. The minimum Gasteiger partial charge on any atom is -0.326 e. The van der Waals surface area contributed by atoms with Crippen LogP contribution in [0.2, 0.25) is 0 Å². The van der Waals surface area contributed by atoms with E-state index < -0.39 is 0 Å². The lowest BCUT2D eigenvalue weighted by molar-refractivity contribution is -0.116. The summed E-state index contributed by atoms with van der Waals surface area (Å²) < 4.78 is 0. The van der Waals surface area contributed by atoms with Crippen molar-refractivity contribution in [3.8, 4) is 11.4 Å². The topological polar surface area (TPSA) is 54.9 Å². The molecule has 28 heavy (non-hydrogen) atoms. The Balaban J connectivity index is 1.65. The number of para-hydroxylation sites is 2. The zero-order valence-electron chi connectivity index (χ0n) is 15.7. The number of fused-ring (bicyclic) bond motifs is 1. The predicted molar refractivity (Wildman–Crippen MR) is 113 cm³/mol. The van der Waals surface area contributed by atoms with Gasteiger partial charge in [0.05, 0.1) is 11.2 Å². The zero-order valence-corrected chi connectivity index (χ0v) is 15.7. The number of hydrogen-bond acceptors (Lipinski definition) is 3. The molecule has 1 amide bonds. The van der Waals surface area contributed by atoms with Gasteiger partial charge in [0.2, 0.25) is 5.91 Å². The van der Waals surface area contributed by atoms with Crippen LogP contribution in [0.25, 0.3) is 22.3 Å². The maximum atomic E-state index is 12.5. The molecule has 4 heteroatoms. The van der Waals surface area contributed by atoms with Crippen LogP contribution in [0.3, 0.4) is 0 Å². The lowest BCUT2D eigenvalue weighted by atomic mass is 9.98. The average Bonchev–Trinajstić information content (AvgIpc) is 2.74. The molecule has 138 valence electrons. The van der Waals surface area contributed by atoms with Gasteiger partial charge in [-0.05, 0) is 18.2 Å². The quantitative estimate of drug-likeness (QED) is 0.512. The number of aromatic nitrogens is 2. The van der Waals surface area contributed by atoms with Crippen molar-refractivity contribution in [1.29, 1.82) is 0 Å². The Bertz CT molecular complexity index is 1090. The number of nitrogens with zero attached hydrogens (tertiary/aromatic N) is 2. The summed E-state index contributed by atoms with van der Waals surface area (Å²) in [6, 6.07) is 27.4. The van der Waals surface area contributed by atoms with Crippen molar-refractivity contribution >= 4 is 22.5 Å². The summed E-state index contributed by atoms with van der Waals surface area (Å²) in [5.74, 6) is 0.617. The van der Waals surface area contributed by atoms with E-state index in [1.165, 1.54) is 0 Å². The monoisotopic (exact) mass is 367 g/mol. The molecule has 1 aromatic heterocycles. The number of hydrogen-bond donors (Lipinski definition) is 1. The lowest BCUT2D eigenvalue weighted by Gasteiger charge is -2.15.